The van der Waals surface area contributed by atoms with Crippen LogP contribution in [0.15, 0.2) is 42.9 Å². The van der Waals surface area contributed by atoms with E-state index in [4.69, 9.17) is 0 Å². The summed E-state index contributed by atoms with van der Waals surface area (Å²) in [5.41, 5.74) is 2.04. The molecule has 0 N–H and O–H groups in total. The Morgan fingerprint density at radius 2 is 1.91 bits per heavy atom. The molecule has 0 aliphatic carbocycles. The number of fused-ring (bicyclic) bond motifs is 2. The van der Waals surface area contributed by atoms with Gasteiger partial charge in [-0.1, -0.05) is 6.92 Å². The molecule has 5 aromatic rings. The van der Waals surface area contributed by atoms with Crippen LogP contribution < -0.4 is 0 Å². The van der Waals surface area contributed by atoms with Gasteiger partial charge in [-0.2, -0.15) is 14.7 Å². The van der Waals surface area contributed by atoms with Gasteiger partial charge < -0.3 is 0 Å². The van der Waals surface area contributed by atoms with Crippen molar-refractivity contribution < 1.29 is 13.6 Å². The standard InChI is InChI=1S/C22H17F2N7O/c1-11(22-28-27-19-5-4-17(12(2)32)29-31(19)22)20-16(23)7-18-15(21(20)24)6-13(8-25-18)14-9-26-30(3)10-14/h4-11H,1-3H3. The predicted octanol–water partition coefficient (Wildman–Crippen LogP) is 3.71. The maximum atomic E-state index is 15.6. The molecule has 0 aliphatic rings. The van der Waals surface area contributed by atoms with Crippen molar-refractivity contribution in [2.24, 2.45) is 7.05 Å². The maximum Gasteiger partial charge on any atom is 0.179 e. The highest BCUT2D eigenvalue weighted by Crippen LogP contribution is 2.33. The second-order valence-electron chi connectivity index (χ2n) is 7.60. The van der Waals surface area contributed by atoms with Gasteiger partial charge in [0.25, 0.3) is 0 Å². The Kier molecular flexibility index (Phi) is 4.50. The summed E-state index contributed by atoms with van der Waals surface area (Å²) in [6.07, 6.45) is 4.99. The van der Waals surface area contributed by atoms with Gasteiger partial charge >= 0.3 is 0 Å². The van der Waals surface area contributed by atoms with Gasteiger partial charge in [0.1, 0.15) is 17.3 Å². The summed E-state index contributed by atoms with van der Waals surface area (Å²) in [5, 5.41) is 16.6. The average molecular weight is 433 g/mol. The summed E-state index contributed by atoms with van der Waals surface area (Å²) < 4.78 is 33.7. The van der Waals surface area contributed by atoms with Crippen LogP contribution in [0.2, 0.25) is 0 Å². The molecule has 0 fully saturated rings. The lowest BCUT2D eigenvalue weighted by Gasteiger charge is -2.14. The predicted molar refractivity (Wildman–Crippen MR) is 112 cm³/mol. The van der Waals surface area contributed by atoms with Crippen molar-refractivity contribution in [3.63, 3.8) is 0 Å². The zero-order chi connectivity index (χ0) is 22.6. The molecule has 10 heteroatoms. The zero-order valence-corrected chi connectivity index (χ0v) is 17.4. The number of rotatable bonds is 4. The normalized spacial score (nSPS) is 12.5. The first-order chi connectivity index (χ1) is 15.3. The van der Waals surface area contributed by atoms with Crippen molar-refractivity contribution >= 4 is 22.3 Å². The Morgan fingerprint density at radius 1 is 1.09 bits per heavy atom. The van der Waals surface area contributed by atoms with Crippen molar-refractivity contribution in [1.29, 1.82) is 0 Å². The Bertz CT molecular complexity index is 1520. The number of benzene rings is 1. The molecule has 0 spiro atoms. The average Bonchev–Trinajstić information content (AvgIpc) is 3.39. The second kappa shape index (κ2) is 7.26. The van der Waals surface area contributed by atoms with Crippen LogP contribution in [-0.4, -0.2) is 40.4 Å². The number of ketones is 1. The third-order valence-corrected chi connectivity index (χ3v) is 5.42. The molecule has 0 radical (unpaired) electrons. The molecule has 4 aromatic heterocycles. The third kappa shape index (κ3) is 3.11. The summed E-state index contributed by atoms with van der Waals surface area (Å²) in [4.78, 5) is 16.0. The molecule has 1 atom stereocenters. The number of pyridine rings is 1. The van der Waals surface area contributed by atoms with E-state index < -0.39 is 17.6 Å². The van der Waals surface area contributed by atoms with E-state index in [1.165, 1.54) is 23.6 Å². The Hall–Kier alpha value is -4.08. The monoisotopic (exact) mass is 433 g/mol. The minimum Gasteiger partial charge on any atom is -0.293 e. The second-order valence-corrected chi connectivity index (χ2v) is 7.60. The van der Waals surface area contributed by atoms with E-state index in [2.05, 4.69) is 25.4 Å². The van der Waals surface area contributed by atoms with Gasteiger partial charge in [-0.15, -0.1) is 10.2 Å². The fraction of sp³-hybridized carbons (Fsp3) is 0.182. The molecule has 1 aromatic carbocycles. The van der Waals surface area contributed by atoms with Gasteiger partial charge in [-0.25, -0.2) is 8.78 Å². The van der Waals surface area contributed by atoms with Gasteiger partial charge in [0.05, 0.1) is 11.7 Å². The van der Waals surface area contributed by atoms with Gasteiger partial charge in [0.15, 0.2) is 17.3 Å². The lowest BCUT2D eigenvalue weighted by molar-refractivity contribution is 0.101. The van der Waals surface area contributed by atoms with Crippen molar-refractivity contribution in [1.82, 2.24) is 34.6 Å². The van der Waals surface area contributed by atoms with Gasteiger partial charge in [-0.05, 0) is 18.2 Å². The third-order valence-electron chi connectivity index (χ3n) is 5.42. The number of carbonyl (C=O) groups excluding carboxylic acids is 1. The molecule has 0 bridgehead atoms. The summed E-state index contributed by atoms with van der Waals surface area (Å²) in [6.45, 7) is 3.00. The largest absolute Gasteiger partial charge is 0.293 e. The van der Waals surface area contributed by atoms with Crippen molar-refractivity contribution in [2.75, 3.05) is 0 Å². The molecule has 4 heterocycles. The Balaban J connectivity index is 1.67. The number of carbonyl (C=O) groups is 1. The summed E-state index contributed by atoms with van der Waals surface area (Å²) in [6, 6.07) is 5.95. The molecule has 8 nitrogen and oxygen atoms in total. The van der Waals surface area contributed by atoms with Crippen LogP contribution in [0.5, 0.6) is 0 Å². The number of aryl methyl sites for hydroxylation is 1. The highest BCUT2D eigenvalue weighted by atomic mass is 19.1. The maximum absolute atomic E-state index is 15.6. The number of Topliss-reactive ketones (excluding diaryl/α,β-unsaturated/α-hetero) is 1. The van der Waals surface area contributed by atoms with Crippen LogP contribution in [0.4, 0.5) is 8.78 Å². The van der Waals surface area contributed by atoms with Crippen molar-refractivity contribution in [3.05, 3.63) is 71.6 Å². The quantitative estimate of drug-likeness (QED) is 0.402. The minimum atomic E-state index is -0.828. The highest BCUT2D eigenvalue weighted by molar-refractivity contribution is 5.92. The van der Waals surface area contributed by atoms with Crippen molar-refractivity contribution in [2.45, 2.75) is 19.8 Å². The van der Waals surface area contributed by atoms with Gasteiger partial charge in [-0.3, -0.25) is 14.5 Å². The molecule has 0 saturated carbocycles. The van der Waals surface area contributed by atoms with Crippen LogP contribution in [-0.2, 0) is 7.05 Å². The molecule has 0 amide bonds. The molecular weight excluding hydrogens is 416 g/mol. The molecule has 0 saturated heterocycles. The molecule has 5 rings (SSSR count). The first-order valence-electron chi connectivity index (χ1n) is 9.83. The number of aromatic nitrogens is 7. The fourth-order valence-electron chi connectivity index (χ4n) is 3.73. The lowest BCUT2D eigenvalue weighted by atomic mass is 9.96. The zero-order valence-electron chi connectivity index (χ0n) is 17.4. The highest BCUT2D eigenvalue weighted by Gasteiger charge is 2.26. The lowest BCUT2D eigenvalue weighted by Crippen LogP contribution is -2.11. The van der Waals surface area contributed by atoms with Crippen LogP contribution in [0.1, 0.15) is 41.6 Å². The van der Waals surface area contributed by atoms with E-state index in [1.54, 1.807) is 49.4 Å². The molecule has 1 unspecified atom stereocenters. The number of halogens is 2. The molecule has 160 valence electrons. The summed E-state index contributed by atoms with van der Waals surface area (Å²) in [5.74, 6) is -2.33. The van der Waals surface area contributed by atoms with E-state index >= 15 is 8.78 Å². The van der Waals surface area contributed by atoms with Crippen LogP contribution >= 0.6 is 0 Å². The fourth-order valence-corrected chi connectivity index (χ4v) is 3.73. The van der Waals surface area contributed by atoms with E-state index in [1.807, 2.05) is 0 Å². The van der Waals surface area contributed by atoms with Crippen LogP contribution in [0.3, 0.4) is 0 Å². The van der Waals surface area contributed by atoms with E-state index in [0.717, 1.165) is 5.56 Å². The topological polar surface area (TPSA) is 90.9 Å². The Labute approximate surface area is 180 Å². The van der Waals surface area contributed by atoms with Gasteiger partial charge in [0, 0.05) is 60.4 Å². The molecule has 0 aliphatic heterocycles. The van der Waals surface area contributed by atoms with Crippen molar-refractivity contribution in [3.8, 4) is 11.1 Å². The van der Waals surface area contributed by atoms with E-state index in [0.29, 0.717) is 11.2 Å². The summed E-state index contributed by atoms with van der Waals surface area (Å²) >= 11 is 0. The molecular formula is C22H17F2N7O. The first-order valence-corrected chi connectivity index (χ1v) is 9.83. The van der Waals surface area contributed by atoms with Gasteiger partial charge in [0.2, 0.25) is 0 Å². The summed E-state index contributed by atoms with van der Waals surface area (Å²) in [7, 11) is 1.78. The van der Waals surface area contributed by atoms with Crippen LogP contribution in [0.25, 0.3) is 27.7 Å². The van der Waals surface area contributed by atoms with Crippen LogP contribution in [0, 0.1) is 11.6 Å². The minimum absolute atomic E-state index is 0.174. The SMILES string of the molecule is CC(=O)c1ccc2nnc(C(C)c3c(F)cc4ncc(-c5cnn(C)c5)cc4c3F)n2n1. The number of nitrogens with zero attached hydrogens (tertiary/aromatic N) is 7. The molecule has 32 heavy (non-hydrogen) atoms. The smallest absolute Gasteiger partial charge is 0.179 e. The number of hydrogen-bond acceptors (Lipinski definition) is 6. The first kappa shape index (κ1) is 19.9. The van der Waals surface area contributed by atoms with E-state index in [9.17, 15) is 4.79 Å². The Morgan fingerprint density at radius 3 is 2.62 bits per heavy atom. The van der Waals surface area contributed by atoms with E-state index in [-0.39, 0.29) is 33.8 Å². The number of hydrogen-bond donors (Lipinski definition) is 0.